The van der Waals surface area contributed by atoms with Gasteiger partial charge in [-0.2, -0.15) is 0 Å². The predicted octanol–water partition coefficient (Wildman–Crippen LogP) is 3.85. The zero-order valence-corrected chi connectivity index (χ0v) is 18.6. The molecule has 2 aliphatic rings. The smallest absolute Gasteiger partial charge is 0.123 e. The number of hydrogen-bond acceptors (Lipinski definition) is 5. The van der Waals surface area contributed by atoms with Crippen molar-refractivity contribution < 1.29 is 5.11 Å². The van der Waals surface area contributed by atoms with E-state index in [9.17, 15) is 5.11 Å². The predicted molar refractivity (Wildman–Crippen MR) is 125 cm³/mol. The van der Waals surface area contributed by atoms with E-state index in [1.807, 2.05) is 18.2 Å². The number of nitrogens with zero attached hydrogens (tertiary/aromatic N) is 2. The Labute approximate surface area is 179 Å². The molecule has 0 spiro atoms. The largest absolute Gasteiger partial charge is 0.507 e. The molecule has 0 unspecified atom stereocenters. The summed E-state index contributed by atoms with van der Waals surface area (Å²) in [6.45, 7) is 12.6. The van der Waals surface area contributed by atoms with Crippen molar-refractivity contribution in [3.05, 3.63) is 52.1 Å². The molecular weight excluding hydrogens is 372 g/mol. The molecule has 5 heteroatoms. The van der Waals surface area contributed by atoms with Gasteiger partial charge in [0.2, 0.25) is 0 Å². The fourth-order valence-electron chi connectivity index (χ4n) is 4.74. The van der Waals surface area contributed by atoms with Crippen LogP contribution in [-0.2, 0) is 12.8 Å². The van der Waals surface area contributed by atoms with E-state index in [0.29, 0.717) is 17.8 Å². The molecule has 0 aliphatic carbocycles. The molecule has 0 radical (unpaired) electrons. The molecule has 0 fully saturated rings. The Hall–Kier alpha value is -2.82. The van der Waals surface area contributed by atoms with Crippen molar-refractivity contribution in [2.24, 2.45) is 9.98 Å². The van der Waals surface area contributed by atoms with Gasteiger partial charge in [0, 0.05) is 30.5 Å². The van der Waals surface area contributed by atoms with E-state index in [4.69, 9.17) is 9.98 Å². The second-order valence-corrected chi connectivity index (χ2v) is 8.74. The fourth-order valence-corrected chi connectivity index (χ4v) is 4.74. The average Bonchev–Trinajstić information content (AvgIpc) is 3.31. The molecule has 2 heterocycles. The topological polar surface area (TPSA) is 69.0 Å². The van der Waals surface area contributed by atoms with Crippen molar-refractivity contribution in [1.29, 1.82) is 0 Å². The Morgan fingerprint density at radius 3 is 1.77 bits per heavy atom. The van der Waals surface area contributed by atoms with Gasteiger partial charge >= 0.3 is 0 Å². The quantitative estimate of drug-likeness (QED) is 0.709. The minimum Gasteiger partial charge on any atom is -0.507 e. The molecule has 0 saturated heterocycles. The van der Waals surface area contributed by atoms with Crippen LogP contribution in [0.5, 0.6) is 5.75 Å². The number of amidine groups is 2. The summed E-state index contributed by atoms with van der Waals surface area (Å²) in [5.74, 6) is 2.42. The Morgan fingerprint density at radius 1 is 0.833 bits per heavy atom. The molecule has 0 saturated carbocycles. The van der Waals surface area contributed by atoms with Gasteiger partial charge in [0.05, 0.1) is 13.1 Å². The Bertz CT molecular complexity index is 981. The zero-order chi connectivity index (χ0) is 21.4. The molecule has 4 rings (SSSR count). The summed E-state index contributed by atoms with van der Waals surface area (Å²) in [5.41, 5.74) is 8.34. The van der Waals surface area contributed by atoms with E-state index in [0.717, 1.165) is 48.7 Å². The van der Waals surface area contributed by atoms with Gasteiger partial charge in [0.25, 0.3) is 0 Å². The lowest BCUT2D eigenvalue weighted by Crippen LogP contribution is -2.30. The highest BCUT2D eigenvalue weighted by molar-refractivity contribution is 5.91. The van der Waals surface area contributed by atoms with Crippen molar-refractivity contribution in [1.82, 2.24) is 10.6 Å². The lowest BCUT2D eigenvalue weighted by molar-refractivity contribution is 0.477. The van der Waals surface area contributed by atoms with E-state index in [1.165, 1.54) is 27.8 Å². The summed E-state index contributed by atoms with van der Waals surface area (Å²) in [6, 6.07) is 8.41. The van der Waals surface area contributed by atoms with Gasteiger partial charge in [0.15, 0.2) is 0 Å². The third-order valence-corrected chi connectivity index (χ3v) is 6.36. The number of para-hydroxylation sites is 1. The maximum atomic E-state index is 10.6. The van der Waals surface area contributed by atoms with Crippen LogP contribution < -0.4 is 10.6 Å². The number of aromatic hydroxyl groups is 1. The second kappa shape index (κ2) is 8.13. The first-order chi connectivity index (χ1) is 14.3. The molecule has 2 aromatic rings. The minimum atomic E-state index is 0.319. The van der Waals surface area contributed by atoms with Gasteiger partial charge in [-0.25, -0.2) is 0 Å². The molecule has 3 N–H and O–H groups in total. The molecule has 5 nitrogen and oxygen atoms in total. The molecule has 2 aliphatic heterocycles. The van der Waals surface area contributed by atoms with Crippen LogP contribution in [0.3, 0.4) is 0 Å². The summed E-state index contributed by atoms with van der Waals surface area (Å²) >= 11 is 0. The normalized spacial score (nSPS) is 20.6. The third-order valence-electron chi connectivity index (χ3n) is 6.36. The summed E-state index contributed by atoms with van der Waals surface area (Å²) in [7, 11) is 0. The lowest BCUT2D eigenvalue weighted by Gasteiger charge is -2.24. The van der Waals surface area contributed by atoms with E-state index >= 15 is 0 Å². The van der Waals surface area contributed by atoms with Crippen LogP contribution in [0.2, 0.25) is 0 Å². The maximum absolute atomic E-state index is 10.6. The number of rotatable bonds is 5. The molecule has 30 heavy (non-hydrogen) atoms. The monoisotopic (exact) mass is 404 g/mol. The van der Waals surface area contributed by atoms with Crippen LogP contribution in [0.25, 0.3) is 11.1 Å². The zero-order valence-electron chi connectivity index (χ0n) is 18.6. The Kier molecular flexibility index (Phi) is 5.54. The van der Waals surface area contributed by atoms with Gasteiger partial charge in [-0.1, -0.05) is 18.2 Å². The number of benzene rings is 2. The van der Waals surface area contributed by atoms with Crippen LogP contribution >= 0.6 is 0 Å². The van der Waals surface area contributed by atoms with Gasteiger partial charge in [0.1, 0.15) is 17.4 Å². The SMILES string of the molecule is Cc1c(CC2=NC[C@H](C)N2)c(C)c(-c2ccccc2O)c(C)c1CC1=NC[C@H](C)N1. The molecule has 0 bridgehead atoms. The molecular formula is C25H32N4O. The number of phenols is 1. The first-order valence-corrected chi connectivity index (χ1v) is 10.8. The van der Waals surface area contributed by atoms with Crippen LogP contribution in [0, 0.1) is 20.8 Å². The summed E-state index contributed by atoms with van der Waals surface area (Å²) in [5, 5.41) is 17.6. The first kappa shape index (κ1) is 20.5. The summed E-state index contributed by atoms with van der Waals surface area (Å²) in [4.78, 5) is 9.40. The van der Waals surface area contributed by atoms with Gasteiger partial charge in [-0.3, -0.25) is 9.98 Å². The van der Waals surface area contributed by atoms with Crippen molar-refractivity contribution in [2.45, 2.75) is 59.5 Å². The molecule has 2 aromatic carbocycles. The van der Waals surface area contributed by atoms with Crippen molar-refractivity contribution in [2.75, 3.05) is 13.1 Å². The summed E-state index contributed by atoms with van der Waals surface area (Å²) < 4.78 is 0. The van der Waals surface area contributed by atoms with Crippen LogP contribution in [-0.4, -0.2) is 42.0 Å². The number of nitrogens with one attached hydrogen (secondary N) is 2. The first-order valence-electron chi connectivity index (χ1n) is 10.8. The van der Waals surface area contributed by atoms with E-state index in [2.05, 4.69) is 45.3 Å². The second-order valence-electron chi connectivity index (χ2n) is 8.74. The highest BCUT2D eigenvalue weighted by Gasteiger charge is 2.24. The number of hydrogen-bond donors (Lipinski definition) is 3. The average molecular weight is 405 g/mol. The van der Waals surface area contributed by atoms with Crippen LogP contribution in [0.1, 0.15) is 41.7 Å². The van der Waals surface area contributed by atoms with Gasteiger partial charge in [-0.15, -0.1) is 0 Å². The standard InChI is InChI=1S/C25H32N4O/c1-14-12-26-23(28-14)10-20-16(3)21(11-24-27-13-15(2)29-24)18(5)25(17(20)4)19-8-6-7-9-22(19)30/h6-9,14-15,30H,10-13H2,1-5H3,(H,26,28)(H,27,29)/t14-,15-/m0/s1. The molecule has 0 amide bonds. The van der Waals surface area contributed by atoms with Crippen molar-refractivity contribution in [3.63, 3.8) is 0 Å². The Morgan fingerprint density at radius 2 is 1.33 bits per heavy atom. The highest BCUT2D eigenvalue weighted by atomic mass is 16.3. The van der Waals surface area contributed by atoms with E-state index in [1.54, 1.807) is 6.07 Å². The summed E-state index contributed by atoms with van der Waals surface area (Å²) in [6.07, 6.45) is 1.57. The number of phenolic OH excluding ortho intramolecular Hbond substituents is 1. The van der Waals surface area contributed by atoms with Crippen LogP contribution in [0.15, 0.2) is 34.3 Å². The Balaban J connectivity index is 1.85. The van der Waals surface area contributed by atoms with Crippen molar-refractivity contribution >= 4 is 11.7 Å². The van der Waals surface area contributed by atoms with E-state index < -0.39 is 0 Å². The maximum Gasteiger partial charge on any atom is 0.123 e. The fraction of sp³-hybridized carbons (Fsp3) is 0.440. The molecule has 2 atom stereocenters. The van der Waals surface area contributed by atoms with E-state index in [-0.39, 0.29) is 0 Å². The van der Waals surface area contributed by atoms with Gasteiger partial charge in [-0.05, 0) is 74.1 Å². The highest BCUT2D eigenvalue weighted by Crippen LogP contribution is 2.39. The van der Waals surface area contributed by atoms with Gasteiger partial charge < -0.3 is 15.7 Å². The number of aliphatic imine (C=N–C) groups is 2. The lowest BCUT2D eigenvalue weighted by atomic mass is 9.82. The molecule has 0 aromatic heterocycles. The van der Waals surface area contributed by atoms with Crippen LogP contribution in [0.4, 0.5) is 0 Å². The van der Waals surface area contributed by atoms with Crippen molar-refractivity contribution in [3.8, 4) is 16.9 Å². The third kappa shape index (κ3) is 3.81. The molecule has 158 valence electrons. The minimum absolute atomic E-state index is 0.319.